The molecule has 0 bridgehead atoms. The summed E-state index contributed by atoms with van der Waals surface area (Å²) in [4.78, 5) is 16.9. The average molecular weight is 391 g/mol. The quantitative estimate of drug-likeness (QED) is 0.250. The minimum absolute atomic E-state index is 0. The normalized spacial score (nSPS) is 3.69. The molecule has 12 nitrogen and oxygen atoms in total. The van der Waals surface area contributed by atoms with Crippen LogP contribution in [0.4, 0.5) is 0 Å². The standard InChI is InChI=1S/2H2NO3.4H3N.Pt/c2*2-1(3)4;;;;;/h2*(H2,2,3,4);4*1H3;/q2*+1;;;;;. The second-order valence-electron chi connectivity index (χ2n) is 0.505. The van der Waals surface area contributed by atoms with Gasteiger partial charge in [-0.15, -0.1) is 0 Å². The summed E-state index contributed by atoms with van der Waals surface area (Å²) in [5.74, 6) is 0. The molecule has 0 aliphatic heterocycles. The van der Waals surface area contributed by atoms with Crippen LogP contribution >= 0.6 is 0 Å². The third-order valence-electron chi connectivity index (χ3n) is 0. The maximum atomic E-state index is 8.47. The maximum Gasteiger partial charge on any atom is 0.472 e. The Morgan fingerprint density at radius 3 is 0.615 bits per heavy atom. The van der Waals surface area contributed by atoms with Crippen molar-refractivity contribution in [1.82, 2.24) is 24.6 Å². The van der Waals surface area contributed by atoms with E-state index in [4.69, 9.17) is 30.6 Å². The second-order valence-corrected chi connectivity index (χ2v) is 0.505. The van der Waals surface area contributed by atoms with Gasteiger partial charge in [0.05, 0.1) is 0 Å². The van der Waals surface area contributed by atoms with Gasteiger partial charge in [0, 0.05) is 21.1 Å². The van der Waals surface area contributed by atoms with E-state index in [2.05, 4.69) is 0 Å². The van der Waals surface area contributed by atoms with Crippen molar-refractivity contribution in [2.24, 2.45) is 0 Å². The molecule has 13 heavy (non-hydrogen) atoms. The summed E-state index contributed by atoms with van der Waals surface area (Å²) >= 11 is 0. The molecule has 90 valence electrons. The summed E-state index contributed by atoms with van der Waals surface area (Å²) in [7, 11) is 0. The van der Waals surface area contributed by atoms with Crippen molar-refractivity contribution in [1.29, 1.82) is 0 Å². The molecule has 0 aliphatic rings. The van der Waals surface area contributed by atoms with Gasteiger partial charge in [0.25, 0.3) is 0 Å². The zero-order valence-corrected chi connectivity index (χ0v) is 8.92. The van der Waals surface area contributed by atoms with Gasteiger partial charge >= 0.3 is 10.2 Å². The molecule has 0 fully saturated rings. The van der Waals surface area contributed by atoms with Crippen molar-refractivity contribution in [3.05, 3.63) is 9.81 Å². The first-order valence-electron chi connectivity index (χ1n) is 1.17. The summed E-state index contributed by atoms with van der Waals surface area (Å²) < 4.78 is 0. The van der Waals surface area contributed by atoms with E-state index >= 15 is 0 Å². The van der Waals surface area contributed by atoms with E-state index in [-0.39, 0.29) is 45.7 Å². The van der Waals surface area contributed by atoms with Gasteiger partial charge in [0.1, 0.15) is 9.81 Å². The van der Waals surface area contributed by atoms with Gasteiger partial charge in [-0.2, -0.15) is 0 Å². The monoisotopic (exact) mass is 391 g/mol. The Bertz CT molecular complexity index is 75.1. The fourth-order valence-corrected chi connectivity index (χ4v) is 0. The van der Waals surface area contributed by atoms with Crippen LogP contribution in [0.15, 0.2) is 0 Å². The van der Waals surface area contributed by atoms with Gasteiger partial charge < -0.3 is 24.6 Å². The molecular formula is H16N6O6Pt+2. The SMILES string of the molecule is N.N.N.N.O=[N+](O)O.O=[N+](O)O.[Pt]. The molecule has 0 aromatic carbocycles. The van der Waals surface area contributed by atoms with Crippen LogP contribution in [0.25, 0.3) is 0 Å². The Labute approximate surface area is 87.1 Å². The summed E-state index contributed by atoms with van der Waals surface area (Å²) in [6, 6.07) is 0. The summed E-state index contributed by atoms with van der Waals surface area (Å²) in [5.41, 5.74) is 0. The minimum Gasteiger partial charge on any atom is -0.344 e. The minimum atomic E-state index is -1.25. The maximum absolute atomic E-state index is 8.47. The van der Waals surface area contributed by atoms with Crippen molar-refractivity contribution >= 4 is 0 Å². The summed E-state index contributed by atoms with van der Waals surface area (Å²) in [6.07, 6.45) is 0. The van der Waals surface area contributed by atoms with Gasteiger partial charge in [-0.25, -0.2) is 20.8 Å². The molecule has 13 heteroatoms. The molecule has 0 rings (SSSR count). The third-order valence-corrected chi connectivity index (χ3v) is 0. The molecule has 0 atom stereocenters. The topological polar surface area (TPSA) is 261 Å². The molecule has 0 heterocycles. The van der Waals surface area contributed by atoms with E-state index in [1.54, 1.807) is 0 Å². The van der Waals surface area contributed by atoms with Gasteiger partial charge in [-0.1, -0.05) is 0 Å². The van der Waals surface area contributed by atoms with Crippen molar-refractivity contribution < 1.29 is 52.1 Å². The molecule has 0 aromatic rings. The van der Waals surface area contributed by atoms with Crippen LogP contribution in [-0.2, 0) is 21.1 Å². The predicted molar refractivity (Wildman–Crippen MR) is 34.5 cm³/mol. The van der Waals surface area contributed by atoms with Gasteiger partial charge in [-0.05, 0) is 0 Å². The van der Waals surface area contributed by atoms with Crippen LogP contribution in [0.2, 0.25) is 0 Å². The fourth-order valence-electron chi connectivity index (χ4n) is 0. The van der Waals surface area contributed by atoms with Gasteiger partial charge in [0.15, 0.2) is 0 Å². The smallest absolute Gasteiger partial charge is 0.344 e. The first-order chi connectivity index (χ1) is 3.46. The average Bonchev–Trinajstić information content (AvgIpc) is 1.25. The molecule has 0 amide bonds. The zero-order valence-electron chi connectivity index (χ0n) is 6.64. The third kappa shape index (κ3) is 758. The summed E-state index contributed by atoms with van der Waals surface area (Å²) in [6.45, 7) is 0. The van der Waals surface area contributed by atoms with E-state index in [1.807, 2.05) is 0 Å². The van der Waals surface area contributed by atoms with Crippen LogP contribution in [-0.4, -0.2) is 31.0 Å². The predicted octanol–water partition coefficient (Wildman–Crippen LogP) is -0.267. The molecule has 16 N–H and O–H groups in total. The van der Waals surface area contributed by atoms with Crippen molar-refractivity contribution in [2.75, 3.05) is 0 Å². The Morgan fingerprint density at radius 2 is 0.615 bits per heavy atom. The van der Waals surface area contributed by atoms with Gasteiger partial charge in [0.2, 0.25) is 0 Å². The van der Waals surface area contributed by atoms with E-state index in [9.17, 15) is 0 Å². The van der Waals surface area contributed by atoms with Crippen LogP contribution in [0.5, 0.6) is 0 Å². The Hall–Kier alpha value is -1.07. The molecule has 0 aliphatic carbocycles. The Kier molecular flexibility index (Phi) is 200. The number of rotatable bonds is 0. The number of hydrogen-bond acceptors (Lipinski definition) is 6. The van der Waals surface area contributed by atoms with E-state index < -0.39 is 10.2 Å². The van der Waals surface area contributed by atoms with Crippen LogP contribution in [0.3, 0.4) is 0 Å². The Morgan fingerprint density at radius 1 is 0.615 bits per heavy atom. The van der Waals surface area contributed by atoms with E-state index in [1.165, 1.54) is 0 Å². The first-order valence-corrected chi connectivity index (χ1v) is 1.17. The largest absolute Gasteiger partial charge is 0.472 e. The molecule has 0 aromatic heterocycles. The second kappa shape index (κ2) is 44.4. The van der Waals surface area contributed by atoms with Crippen molar-refractivity contribution in [2.45, 2.75) is 0 Å². The molecule has 0 saturated heterocycles. The van der Waals surface area contributed by atoms with Crippen LogP contribution in [0, 0.1) is 9.81 Å². The zero-order chi connectivity index (χ0) is 7.15. The molecule has 0 spiro atoms. The number of nitrogens with zero attached hydrogens (tertiary/aromatic N) is 2. The first kappa shape index (κ1) is 58.7. The van der Waals surface area contributed by atoms with Crippen molar-refractivity contribution in [3.63, 3.8) is 0 Å². The van der Waals surface area contributed by atoms with Crippen LogP contribution < -0.4 is 24.6 Å². The Balaban J connectivity index is -0.00000000800. The molecule has 0 unspecified atom stereocenters. The molecular weight excluding hydrogens is 375 g/mol. The summed E-state index contributed by atoms with van der Waals surface area (Å²) in [5, 5.41) is 25.1. The van der Waals surface area contributed by atoms with Gasteiger partial charge in [-0.3, -0.25) is 0 Å². The van der Waals surface area contributed by atoms with E-state index in [0.29, 0.717) is 0 Å². The van der Waals surface area contributed by atoms with Crippen molar-refractivity contribution in [3.8, 4) is 0 Å². The fraction of sp³-hybridized carbons (Fsp3) is 0. The van der Waals surface area contributed by atoms with E-state index in [0.717, 1.165) is 0 Å². The number of hydrogen-bond donors (Lipinski definition) is 8. The molecule has 0 radical (unpaired) electrons. The van der Waals surface area contributed by atoms with Crippen LogP contribution in [0.1, 0.15) is 0 Å². The molecule has 0 saturated carbocycles.